The van der Waals surface area contributed by atoms with Crippen LogP contribution < -0.4 is 4.72 Å². The van der Waals surface area contributed by atoms with Crippen LogP contribution in [0.3, 0.4) is 0 Å². The molecule has 0 fully saturated rings. The molecule has 0 aliphatic heterocycles. The summed E-state index contributed by atoms with van der Waals surface area (Å²) < 4.78 is 26.6. The molecule has 0 aliphatic rings. The third-order valence-electron chi connectivity index (χ3n) is 2.32. The van der Waals surface area contributed by atoms with Crippen molar-refractivity contribution in [2.75, 3.05) is 0 Å². The van der Waals surface area contributed by atoms with Crippen molar-refractivity contribution in [3.63, 3.8) is 0 Å². The van der Waals surface area contributed by atoms with Crippen molar-refractivity contribution in [2.24, 2.45) is 0 Å². The first-order valence-electron chi connectivity index (χ1n) is 4.99. The number of sulfonamides is 1. The molecular formula is C10H10ClN3O2S2. The highest BCUT2D eigenvalue weighted by atomic mass is 35.5. The van der Waals surface area contributed by atoms with Gasteiger partial charge in [-0.05, 0) is 24.1 Å². The van der Waals surface area contributed by atoms with E-state index in [4.69, 9.17) is 11.6 Å². The molecule has 0 aromatic carbocycles. The number of nitrogens with zero attached hydrogens (tertiary/aromatic N) is 2. The number of thiazole rings is 1. The largest absolute Gasteiger partial charge is 0.264 e. The van der Waals surface area contributed by atoms with Gasteiger partial charge in [0.15, 0.2) is 8.68 Å². The highest BCUT2D eigenvalue weighted by molar-refractivity contribution is 7.91. The number of hydrogen-bond acceptors (Lipinski definition) is 5. The Balaban J connectivity index is 2.13. The number of nitrogens with one attached hydrogen (secondary N) is 1. The van der Waals surface area contributed by atoms with Gasteiger partial charge in [-0.15, -0.1) is 0 Å². The Morgan fingerprint density at radius 2 is 2.22 bits per heavy atom. The van der Waals surface area contributed by atoms with Crippen molar-refractivity contribution in [3.05, 3.63) is 40.3 Å². The molecule has 2 aromatic heterocycles. The van der Waals surface area contributed by atoms with Crippen molar-refractivity contribution in [1.82, 2.24) is 14.7 Å². The zero-order valence-electron chi connectivity index (χ0n) is 9.42. The Labute approximate surface area is 114 Å². The Morgan fingerprint density at radius 1 is 1.44 bits per heavy atom. The Hall–Kier alpha value is -1.02. The molecule has 0 spiro atoms. The molecule has 0 atom stereocenters. The van der Waals surface area contributed by atoms with Gasteiger partial charge in [0.2, 0.25) is 0 Å². The van der Waals surface area contributed by atoms with E-state index < -0.39 is 10.0 Å². The Morgan fingerprint density at radius 3 is 2.83 bits per heavy atom. The third kappa shape index (κ3) is 3.05. The summed E-state index contributed by atoms with van der Waals surface area (Å²) in [6.07, 6.45) is 4.54. The van der Waals surface area contributed by atoms with Gasteiger partial charge in [0, 0.05) is 18.9 Å². The van der Waals surface area contributed by atoms with Gasteiger partial charge >= 0.3 is 0 Å². The average Bonchev–Trinajstić information content (AvgIpc) is 2.76. The van der Waals surface area contributed by atoms with Gasteiger partial charge in [-0.1, -0.05) is 22.9 Å². The van der Waals surface area contributed by atoms with Gasteiger partial charge in [-0.2, -0.15) is 0 Å². The van der Waals surface area contributed by atoms with Crippen LogP contribution in [-0.2, 0) is 16.6 Å². The summed E-state index contributed by atoms with van der Waals surface area (Å²) in [5, 5.41) is 0. The van der Waals surface area contributed by atoms with Crippen molar-refractivity contribution in [3.8, 4) is 0 Å². The van der Waals surface area contributed by atoms with Crippen LogP contribution in [0.25, 0.3) is 0 Å². The van der Waals surface area contributed by atoms with Crippen molar-refractivity contribution >= 4 is 33.0 Å². The maximum Gasteiger partial charge on any atom is 0.252 e. The minimum Gasteiger partial charge on any atom is -0.264 e. The smallest absolute Gasteiger partial charge is 0.252 e. The third-order valence-corrected chi connectivity index (χ3v) is 5.30. The number of pyridine rings is 1. The van der Waals surface area contributed by atoms with E-state index in [9.17, 15) is 8.42 Å². The predicted molar refractivity (Wildman–Crippen MR) is 70.1 cm³/mol. The van der Waals surface area contributed by atoms with Crippen molar-refractivity contribution in [1.29, 1.82) is 0 Å². The van der Waals surface area contributed by atoms with Crippen LogP contribution in [0.15, 0.2) is 28.9 Å². The molecule has 5 nitrogen and oxygen atoms in total. The van der Waals surface area contributed by atoms with Crippen LogP contribution in [0, 0.1) is 6.92 Å². The number of hydrogen-bond donors (Lipinski definition) is 1. The van der Waals surface area contributed by atoms with E-state index in [0.29, 0.717) is 0 Å². The summed E-state index contributed by atoms with van der Waals surface area (Å²) in [6.45, 7) is 2.09. The summed E-state index contributed by atoms with van der Waals surface area (Å²) in [5.41, 5.74) is 1.81. The monoisotopic (exact) mass is 303 g/mol. The SMILES string of the molecule is Cc1ccncc1CNS(=O)(=O)c1cnc(Cl)s1. The lowest BCUT2D eigenvalue weighted by molar-refractivity contribution is 0.583. The molecule has 0 unspecified atom stereocenters. The topological polar surface area (TPSA) is 72.0 Å². The molecule has 96 valence electrons. The first-order valence-corrected chi connectivity index (χ1v) is 7.67. The van der Waals surface area contributed by atoms with Gasteiger partial charge in [-0.3, -0.25) is 4.98 Å². The van der Waals surface area contributed by atoms with E-state index in [0.717, 1.165) is 22.5 Å². The molecule has 8 heteroatoms. The van der Waals surface area contributed by atoms with Gasteiger partial charge in [-0.25, -0.2) is 18.1 Å². The fourth-order valence-electron chi connectivity index (χ4n) is 1.29. The van der Waals surface area contributed by atoms with Crippen LogP contribution in [0.1, 0.15) is 11.1 Å². The van der Waals surface area contributed by atoms with Gasteiger partial charge in [0.1, 0.15) is 0 Å². The highest BCUT2D eigenvalue weighted by Gasteiger charge is 2.17. The summed E-state index contributed by atoms with van der Waals surface area (Å²) >= 11 is 6.54. The zero-order chi connectivity index (χ0) is 13.2. The van der Waals surface area contributed by atoms with Gasteiger partial charge in [0.05, 0.1) is 6.20 Å². The maximum atomic E-state index is 11.9. The number of rotatable bonds is 4. The Bertz CT molecular complexity index is 655. The molecule has 0 radical (unpaired) electrons. The highest BCUT2D eigenvalue weighted by Crippen LogP contribution is 2.22. The van der Waals surface area contributed by atoms with E-state index in [-0.39, 0.29) is 15.2 Å². The molecule has 2 aromatic rings. The summed E-state index contributed by atoms with van der Waals surface area (Å²) in [4.78, 5) is 7.67. The molecule has 0 aliphatic carbocycles. The summed E-state index contributed by atoms with van der Waals surface area (Å²) in [6, 6.07) is 1.83. The minimum absolute atomic E-state index is 0.106. The second kappa shape index (κ2) is 5.31. The molecule has 2 heterocycles. The lowest BCUT2D eigenvalue weighted by atomic mass is 10.2. The predicted octanol–water partition coefficient (Wildman–Crippen LogP) is 1.98. The normalized spacial score (nSPS) is 11.7. The first-order chi connectivity index (χ1) is 8.49. The van der Waals surface area contributed by atoms with E-state index in [1.165, 1.54) is 6.20 Å². The molecule has 18 heavy (non-hydrogen) atoms. The van der Waals surface area contributed by atoms with Crippen molar-refractivity contribution < 1.29 is 8.42 Å². The number of aromatic nitrogens is 2. The fourth-order valence-corrected chi connectivity index (χ4v) is 3.63. The maximum absolute atomic E-state index is 11.9. The Kier molecular flexibility index (Phi) is 3.96. The second-order valence-corrected chi connectivity index (χ2v) is 7.17. The van der Waals surface area contributed by atoms with Crippen LogP contribution in [0.2, 0.25) is 4.47 Å². The average molecular weight is 304 g/mol. The fraction of sp³-hybridized carbons (Fsp3) is 0.200. The van der Waals surface area contributed by atoms with E-state index in [1.807, 2.05) is 13.0 Å². The van der Waals surface area contributed by atoms with Crippen molar-refractivity contribution in [2.45, 2.75) is 17.7 Å². The molecule has 0 saturated carbocycles. The standard InChI is InChI=1S/C10H10ClN3O2S2/c1-7-2-3-12-4-8(7)5-14-18(15,16)9-6-13-10(11)17-9/h2-4,6,14H,5H2,1H3. The molecule has 2 rings (SSSR count). The molecular weight excluding hydrogens is 294 g/mol. The molecule has 0 saturated heterocycles. The van der Waals surface area contributed by atoms with Crippen LogP contribution in [-0.4, -0.2) is 18.4 Å². The lowest BCUT2D eigenvalue weighted by Crippen LogP contribution is -2.22. The zero-order valence-corrected chi connectivity index (χ0v) is 11.8. The van der Waals surface area contributed by atoms with E-state index in [1.54, 1.807) is 12.4 Å². The quantitative estimate of drug-likeness (QED) is 0.937. The van der Waals surface area contributed by atoms with E-state index >= 15 is 0 Å². The van der Waals surface area contributed by atoms with Crippen LogP contribution in [0.5, 0.6) is 0 Å². The van der Waals surface area contributed by atoms with Crippen LogP contribution >= 0.6 is 22.9 Å². The molecule has 0 amide bonds. The molecule has 0 bridgehead atoms. The second-order valence-electron chi connectivity index (χ2n) is 3.56. The molecule has 1 N–H and O–H groups in total. The van der Waals surface area contributed by atoms with Crippen LogP contribution in [0.4, 0.5) is 0 Å². The lowest BCUT2D eigenvalue weighted by Gasteiger charge is -2.06. The minimum atomic E-state index is -3.56. The van der Waals surface area contributed by atoms with Gasteiger partial charge < -0.3 is 0 Å². The summed E-state index contributed by atoms with van der Waals surface area (Å²) in [7, 11) is -3.56. The van der Waals surface area contributed by atoms with E-state index in [2.05, 4.69) is 14.7 Å². The summed E-state index contributed by atoms with van der Waals surface area (Å²) in [5.74, 6) is 0. The number of aryl methyl sites for hydroxylation is 1. The number of halogens is 1. The first kappa shape index (κ1) is 13.4. The van der Waals surface area contributed by atoms with Gasteiger partial charge in [0.25, 0.3) is 10.0 Å².